The number of aromatic nitrogens is 1. The van der Waals surface area contributed by atoms with Gasteiger partial charge in [0.15, 0.2) is 0 Å². The second kappa shape index (κ2) is 5.90. The molecule has 0 N–H and O–H groups in total. The monoisotopic (exact) mass is 355 g/mol. The van der Waals surface area contributed by atoms with Crippen LogP contribution in [0.3, 0.4) is 0 Å². The summed E-state index contributed by atoms with van der Waals surface area (Å²) in [5, 5.41) is 9.06. The van der Waals surface area contributed by atoms with Gasteiger partial charge in [0.05, 0.1) is 11.2 Å². The van der Waals surface area contributed by atoms with Crippen LogP contribution < -0.4 is 0 Å². The van der Waals surface area contributed by atoms with Crippen molar-refractivity contribution in [3.63, 3.8) is 0 Å². The first kappa shape index (κ1) is 15.4. The van der Waals surface area contributed by atoms with Crippen LogP contribution in [0.25, 0.3) is 55.4 Å². The standard InChI is InChI=1S/C27H17N/c1-2-7-25-19(4-1)13-16-23(28-25)15-12-18-8-9-22-11-10-20-5-3-6-21-14-17-24(18)27(22)26(20)21/h1-17H. The molecule has 5 aromatic carbocycles. The van der Waals surface area contributed by atoms with E-state index < -0.39 is 0 Å². The topological polar surface area (TPSA) is 12.9 Å². The third-order valence-electron chi connectivity index (χ3n) is 5.62. The molecule has 28 heavy (non-hydrogen) atoms. The van der Waals surface area contributed by atoms with Crippen molar-refractivity contribution in [1.29, 1.82) is 0 Å². The van der Waals surface area contributed by atoms with E-state index in [4.69, 9.17) is 4.98 Å². The molecule has 1 nitrogen and oxygen atoms in total. The molecule has 0 bridgehead atoms. The van der Waals surface area contributed by atoms with Crippen molar-refractivity contribution in [3.05, 3.63) is 102 Å². The van der Waals surface area contributed by atoms with Gasteiger partial charge in [0.25, 0.3) is 0 Å². The molecule has 6 aromatic rings. The maximum absolute atomic E-state index is 4.77. The van der Waals surface area contributed by atoms with E-state index in [1.165, 1.54) is 43.3 Å². The van der Waals surface area contributed by atoms with Gasteiger partial charge in [-0.1, -0.05) is 84.9 Å². The Kier molecular flexibility index (Phi) is 3.24. The Morgan fingerprint density at radius 2 is 1.18 bits per heavy atom. The number of pyridine rings is 1. The van der Waals surface area contributed by atoms with Gasteiger partial charge in [-0.05, 0) is 56.1 Å². The highest BCUT2D eigenvalue weighted by atomic mass is 14.7. The van der Waals surface area contributed by atoms with Crippen LogP contribution in [-0.4, -0.2) is 4.98 Å². The highest BCUT2D eigenvalue weighted by molar-refractivity contribution is 6.24. The van der Waals surface area contributed by atoms with E-state index in [1.807, 2.05) is 12.1 Å². The van der Waals surface area contributed by atoms with Crippen molar-refractivity contribution < 1.29 is 0 Å². The summed E-state index contributed by atoms with van der Waals surface area (Å²) in [5.74, 6) is 0. The number of fused-ring (bicyclic) bond motifs is 1. The summed E-state index contributed by atoms with van der Waals surface area (Å²) in [4.78, 5) is 4.77. The van der Waals surface area contributed by atoms with E-state index in [0.717, 1.165) is 11.2 Å². The number of rotatable bonds is 2. The third-order valence-corrected chi connectivity index (χ3v) is 5.62. The van der Waals surface area contributed by atoms with E-state index in [-0.39, 0.29) is 0 Å². The van der Waals surface area contributed by atoms with Crippen LogP contribution in [0.5, 0.6) is 0 Å². The first-order valence-corrected chi connectivity index (χ1v) is 9.57. The van der Waals surface area contributed by atoms with Crippen LogP contribution >= 0.6 is 0 Å². The van der Waals surface area contributed by atoms with Gasteiger partial charge in [-0.25, -0.2) is 4.98 Å². The van der Waals surface area contributed by atoms with Crippen molar-refractivity contribution in [3.8, 4) is 0 Å². The fourth-order valence-electron chi connectivity index (χ4n) is 4.25. The van der Waals surface area contributed by atoms with Gasteiger partial charge >= 0.3 is 0 Å². The fourth-order valence-corrected chi connectivity index (χ4v) is 4.25. The lowest BCUT2D eigenvalue weighted by atomic mass is 9.92. The SMILES string of the molecule is C(=Cc1ccc2ccc3cccc4ccc1c2c34)c1ccc2ccccc2n1. The summed E-state index contributed by atoms with van der Waals surface area (Å²) >= 11 is 0. The molecular formula is C27H17N. The number of nitrogens with zero attached hydrogens (tertiary/aromatic N) is 1. The Bertz CT molecular complexity index is 1490. The van der Waals surface area contributed by atoms with Gasteiger partial charge < -0.3 is 0 Å². The first-order valence-electron chi connectivity index (χ1n) is 9.57. The number of benzene rings is 5. The Hall–Kier alpha value is -3.71. The van der Waals surface area contributed by atoms with Crippen molar-refractivity contribution in [2.24, 2.45) is 0 Å². The summed E-state index contributed by atoms with van der Waals surface area (Å²) in [6.45, 7) is 0. The average Bonchev–Trinajstić information content (AvgIpc) is 2.76. The van der Waals surface area contributed by atoms with Crippen molar-refractivity contribution in [2.45, 2.75) is 0 Å². The van der Waals surface area contributed by atoms with Crippen molar-refractivity contribution >= 4 is 55.4 Å². The molecule has 0 saturated carbocycles. The van der Waals surface area contributed by atoms with Crippen LogP contribution in [-0.2, 0) is 0 Å². The second-order valence-corrected chi connectivity index (χ2v) is 7.27. The van der Waals surface area contributed by atoms with Gasteiger partial charge in [-0.15, -0.1) is 0 Å². The van der Waals surface area contributed by atoms with Crippen LogP contribution in [0.4, 0.5) is 0 Å². The average molecular weight is 355 g/mol. The highest BCUT2D eigenvalue weighted by Crippen LogP contribution is 2.36. The maximum Gasteiger partial charge on any atom is 0.0709 e. The largest absolute Gasteiger partial charge is 0.248 e. The van der Waals surface area contributed by atoms with Gasteiger partial charge in [-0.3, -0.25) is 0 Å². The van der Waals surface area contributed by atoms with E-state index in [9.17, 15) is 0 Å². The van der Waals surface area contributed by atoms with E-state index >= 15 is 0 Å². The molecule has 0 atom stereocenters. The number of hydrogen-bond acceptors (Lipinski definition) is 1. The Morgan fingerprint density at radius 1 is 0.500 bits per heavy atom. The Morgan fingerprint density at radius 3 is 2.07 bits per heavy atom. The summed E-state index contributed by atoms with van der Waals surface area (Å²) in [7, 11) is 0. The molecule has 0 spiro atoms. The molecule has 0 radical (unpaired) electrons. The van der Waals surface area contributed by atoms with E-state index in [1.54, 1.807) is 0 Å². The molecule has 1 heteroatoms. The van der Waals surface area contributed by atoms with Gasteiger partial charge in [0, 0.05) is 5.39 Å². The van der Waals surface area contributed by atoms with E-state index in [0.29, 0.717) is 0 Å². The number of hydrogen-bond donors (Lipinski definition) is 0. The summed E-state index contributed by atoms with van der Waals surface area (Å²) in [5.41, 5.74) is 3.23. The van der Waals surface area contributed by atoms with Gasteiger partial charge in [-0.2, -0.15) is 0 Å². The van der Waals surface area contributed by atoms with Gasteiger partial charge in [0.1, 0.15) is 0 Å². The lowest BCUT2D eigenvalue weighted by Crippen LogP contribution is -1.86. The lowest BCUT2D eigenvalue weighted by Gasteiger charge is -2.12. The first-order chi connectivity index (χ1) is 13.9. The predicted octanol–water partition coefficient (Wildman–Crippen LogP) is 7.30. The summed E-state index contributed by atoms with van der Waals surface area (Å²) in [6, 6.07) is 32.3. The normalized spacial score (nSPS) is 12.1. The maximum atomic E-state index is 4.77. The molecule has 130 valence electrons. The van der Waals surface area contributed by atoms with Crippen LogP contribution in [0.1, 0.15) is 11.3 Å². The molecule has 0 unspecified atom stereocenters. The molecule has 0 aliphatic heterocycles. The summed E-state index contributed by atoms with van der Waals surface area (Å²) in [6.07, 6.45) is 4.29. The molecular weight excluding hydrogens is 338 g/mol. The molecule has 0 aliphatic carbocycles. The zero-order valence-electron chi connectivity index (χ0n) is 15.3. The predicted molar refractivity (Wildman–Crippen MR) is 121 cm³/mol. The quantitative estimate of drug-likeness (QED) is 0.297. The van der Waals surface area contributed by atoms with Crippen LogP contribution in [0.2, 0.25) is 0 Å². The third kappa shape index (κ3) is 2.30. The molecule has 1 aromatic heterocycles. The molecule has 6 rings (SSSR count). The molecule has 0 amide bonds. The van der Waals surface area contributed by atoms with Crippen molar-refractivity contribution in [2.75, 3.05) is 0 Å². The van der Waals surface area contributed by atoms with E-state index in [2.05, 4.69) is 91.0 Å². The second-order valence-electron chi connectivity index (χ2n) is 7.27. The molecule has 0 saturated heterocycles. The smallest absolute Gasteiger partial charge is 0.0709 e. The Balaban J connectivity index is 1.54. The number of para-hydroxylation sites is 1. The van der Waals surface area contributed by atoms with Crippen LogP contribution in [0.15, 0.2) is 91.0 Å². The van der Waals surface area contributed by atoms with Gasteiger partial charge in [0.2, 0.25) is 0 Å². The van der Waals surface area contributed by atoms with Crippen LogP contribution in [0, 0.1) is 0 Å². The molecule has 1 heterocycles. The molecule has 0 fully saturated rings. The Labute approximate surface area is 162 Å². The fraction of sp³-hybridized carbons (Fsp3) is 0. The minimum absolute atomic E-state index is 0.976. The zero-order valence-corrected chi connectivity index (χ0v) is 15.3. The minimum Gasteiger partial charge on any atom is -0.248 e. The minimum atomic E-state index is 0.976. The highest BCUT2D eigenvalue weighted by Gasteiger charge is 2.09. The molecule has 0 aliphatic rings. The summed E-state index contributed by atoms with van der Waals surface area (Å²) < 4.78 is 0. The zero-order chi connectivity index (χ0) is 18.5. The lowest BCUT2D eigenvalue weighted by molar-refractivity contribution is 1.37. The van der Waals surface area contributed by atoms with Crippen molar-refractivity contribution in [1.82, 2.24) is 4.98 Å².